The standard InChI is InChI=1S/C27H33N5O7/c1-38-27(37)32-11-4-10-31(12-13-32)22-8-7-18(15-21(22)30-26(36)23-6-3-14-39-23)25(35)29-20(16-24(33)34)19-5-2-9-28-17-19/h2,5,7-9,15,17,20,23H,3-4,6,10-14,16H2,1H3,(H,29,35)(H,30,36)(H,33,34). The maximum Gasteiger partial charge on any atom is 0.409 e. The number of carbonyl (C=O) groups excluding carboxylic acids is 3. The largest absolute Gasteiger partial charge is 0.481 e. The minimum Gasteiger partial charge on any atom is -0.481 e. The summed E-state index contributed by atoms with van der Waals surface area (Å²) in [6.45, 7) is 2.63. The molecule has 39 heavy (non-hydrogen) atoms. The van der Waals surface area contributed by atoms with Gasteiger partial charge in [-0.3, -0.25) is 19.4 Å². The molecule has 0 aliphatic carbocycles. The molecule has 2 atom stereocenters. The molecule has 2 aliphatic heterocycles. The molecule has 0 saturated carbocycles. The van der Waals surface area contributed by atoms with Crippen LogP contribution in [0.4, 0.5) is 16.2 Å². The Morgan fingerprint density at radius 3 is 2.69 bits per heavy atom. The van der Waals surface area contributed by atoms with Gasteiger partial charge in [-0.2, -0.15) is 0 Å². The zero-order valence-corrected chi connectivity index (χ0v) is 21.8. The number of rotatable bonds is 8. The van der Waals surface area contributed by atoms with Crippen LogP contribution in [0.2, 0.25) is 0 Å². The number of carboxylic acids is 1. The van der Waals surface area contributed by atoms with Crippen molar-refractivity contribution in [2.45, 2.75) is 37.8 Å². The first-order valence-electron chi connectivity index (χ1n) is 12.9. The number of benzene rings is 1. The second-order valence-electron chi connectivity index (χ2n) is 9.43. The summed E-state index contributed by atoms with van der Waals surface area (Å²) in [7, 11) is 1.35. The third-order valence-electron chi connectivity index (χ3n) is 6.78. The molecule has 4 rings (SSSR count). The maximum absolute atomic E-state index is 13.3. The first-order chi connectivity index (χ1) is 18.9. The monoisotopic (exact) mass is 539 g/mol. The molecule has 1 aromatic heterocycles. The van der Waals surface area contributed by atoms with Gasteiger partial charge in [0.05, 0.1) is 30.9 Å². The highest BCUT2D eigenvalue weighted by atomic mass is 16.5. The van der Waals surface area contributed by atoms with Gasteiger partial charge in [-0.15, -0.1) is 0 Å². The number of carbonyl (C=O) groups is 4. The number of hydrogen-bond acceptors (Lipinski definition) is 8. The highest BCUT2D eigenvalue weighted by Crippen LogP contribution is 2.30. The number of nitrogens with one attached hydrogen (secondary N) is 2. The predicted molar refractivity (Wildman–Crippen MR) is 142 cm³/mol. The molecule has 0 radical (unpaired) electrons. The van der Waals surface area contributed by atoms with Crippen molar-refractivity contribution in [2.24, 2.45) is 0 Å². The topological polar surface area (TPSA) is 150 Å². The van der Waals surface area contributed by atoms with Gasteiger partial charge in [-0.25, -0.2) is 4.79 Å². The number of carboxylic acid groups (broad SMARTS) is 1. The lowest BCUT2D eigenvalue weighted by Gasteiger charge is -2.27. The third-order valence-corrected chi connectivity index (χ3v) is 6.78. The van der Waals surface area contributed by atoms with E-state index in [1.165, 1.54) is 13.3 Å². The van der Waals surface area contributed by atoms with E-state index in [2.05, 4.69) is 20.5 Å². The number of ether oxygens (including phenoxy) is 2. The van der Waals surface area contributed by atoms with Gasteiger partial charge in [0.25, 0.3) is 11.8 Å². The van der Waals surface area contributed by atoms with Crippen molar-refractivity contribution in [3.63, 3.8) is 0 Å². The molecule has 2 fully saturated rings. The summed E-state index contributed by atoms with van der Waals surface area (Å²) in [5, 5.41) is 15.1. The van der Waals surface area contributed by atoms with E-state index >= 15 is 0 Å². The molecule has 2 aliphatic rings. The van der Waals surface area contributed by atoms with Gasteiger partial charge in [0, 0.05) is 50.7 Å². The molecule has 2 unspecified atom stereocenters. The average molecular weight is 540 g/mol. The van der Waals surface area contributed by atoms with Crippen molar-refractivity contribution >= 4 is 35.3 Å². The van der Waals surface area contributed by atoms with Crippen LogP contribution in [-0.4, -0.2) is 84.9 Å². The van der Waals surface area contributed by atoms with Gasteiger partial charge in [0.1, 0.15) is 6.10 Å². The number of aromatic nitrogens is 1. The van der Waals surface area contributed by atoms with Crippen LogP contribution in [0.5, 0.6) is 0 Å². The fourth-order valence-corrected chi connectivity index (χ4v) is 4.77. The zero-order chi connectivity index (χ0) is 27.8. The molecule has 208 valence electrons. The summed E-state index contributed by atoms with van der Waals surface area (Å²) in [6.07, 6.45) is 3.91. The van der Waals surface area contributed by atoms with Crippen LogP contribution in [0.1, 0.15) is 47.6 Å². The molecule has 2 aromatic rings. The first-order valence-corrected chi connectivity index (χ1v) is 12.9. The van der Waals surface area contributed by atoms with E-state index in [0.717, 1.165) is 6.42 Å². The van der Waals surface area contributed by atoms with Crippen molar-refractivity contribution in [2.75, 3.05) is 50.1 Å². The molecule has 3 amide bonds. The van der Waals surface area contributed by atoms with Crippen molar-refractivity contribution in [3.8, 4) is 0 Å². The summed E-state index contributed by atoms with van der Waals surface area (Å²) in [6, 6.07) is 7.56. The van der Waals surface area contributed by atoms with E-state index in [9.17, 15) is 24.3 Å². The Morgan fingerprint density at radius 2 is 2.00 bits per heavy atom. The van der Waals surface area contributed by atoms with Crippen LogP contribution >= 0.6 is 0 Å². The van der Waals surface area contributed by atoms with E-state index in [4.69, 9.17) is 9.47 Å². The van der Waals surface area contributed by atoms with E-state index in [-0.39, 0.29) is 24.0 Å². The van der Waals surface area contributed by atoms with Gasteiger partial charge < -0.3 is 35.0 Å². The minimum atomic E-state index is -1.06. The molecule has 3 N–H and O–H groups in total. The van der Waals surface area contributed by atoms with Gasteiger partial charge >= 0.3 is 12.1 Å². The second kappa shape index (κ2) is 13.1. The lowest BCUT2D eigenvalue weighted by atomic mass is 10.0. The van der Waals surface area contributed by atoms with Crippen LogP contribution < -0.4 is 15.5 Å². The highest BCUT2D eigenvalue weighted by molar-refractivity contribution is 6.01. The number of nitrogens with zero attached hydrogens (tertiary/aromatic N) is 3. The van der Waals surface area contributed by atoms with Crippen molar-refractivity contribution in [1.82, 2.24) is 15.2 Å². The van der Waals surface area contributed by atoms with Crippen molar-refractivity contribution < 1.29 is 33.8 Å². The van der Waals surface area contributed by atoms with E-state index < -0.39 is 24.0 Å². The van der Waals surface area contributed by atoms with E-state index in [1.807, 2.05) is 0 Å². The normalized spacial score (nSPS) is 18.1. The summed E-state index contributed by atoms with van der Waals surface area (Å²) >= 11 is 0. The highest BCUT2D eigenvalue weighted by Gasteiger charge is 2.27. The quantitative estimate of drug-likeness (QED) is 0.459. The van der Waals surface area contributed by atoms with Gasteiger partial charge in [0.2, 0.25) is 0 Å². The Kier molecular flexibility index (Phi) is 9.31. The lowest BCUT2D eigenvalue weighted by molar-refractivity contribution is -0.137. The Bertz CT molecular complexity index is 1190. The van der Waals surface area contributed by atoms with Crippen LogP contribution in [0.3, 0.4) is 0 Å². The molecular formula is C27H33N5O7. The van der Waals surface area contributed by atoms with E-state index in [1.54, 1.807) is 41.4 Å². The number of amides is 3. The number of aliphatic carboxylic acids is 1. The summed E-state index contributed by atoms with van der Waals surface area (Å²) in [4.78, 5) is 57.4. The molecular weight excluding hydrogens is 506 g/mol. The predicted octanol–water partition coefficient (Wildman–Crippen LogP) is 2.42. The molecule has 12 nitrogen and oxygen atoms in total. The molecule has 2 saturated heterocycles. The average Bonchev–Trinajstić information content (AvgIpc) is 3.38. The second-order valence-corrected chi connectivity index (χ2v) is 9.43. The molecule has 0 bridgehead atoms. The Hall–Kier alpha value is -4.19. The fourth-order valence-electron chi connectivity index (χ4n) is 4.77. The molecule has 3 heterocycles. The Balaban J connectivity index is 1.59. The number of methoxy groups -OCH3 is 1. The fraction of sp³-hybridized carbons (Fsp3) is 0.444. The van der Waals surface area contributed by atoms with Crippen LogP contribution in [0.25, 0.3) is 0 Å². The Labute approximate surface area is 226 Å². The van der Waals surface area contributed by atoms with Gasteiger partial charge in [-0.05, 0) is 49.1 Å². The molecule has 0 spiro atoms. The van der Waals surface area contributed by atoms with Crippen molar-refractivity contribution in [3.05, 3.63) is 53.9 Å². The SMILES string of the molecule is COC(=O)N1CCCN(c2ccc(C(=O)NC(CC(=O)O)c3cccnc3)cc2NC(=O)C2CCCO2)CC1. The van der Waals surface area contributed by atoms with Gasteiger partial charge in [-0.1, -0.05) is 6.07 Å². The lowest BCUT2D eigenvalue weighted by Crippen LogP contribution is -2.35. The number of hydrogen-bond donors (Lipinski definition) is 3. The summed E-state index contributed by atoms with van der Waals surface area (Å²) in [5.41, 5.74) is 1.97. The third kappa shape index (κ3) is 7.23. The first kappa shape index (κ1) is 27.8. The zero-order valence-electron chi connectivity index (χ0n) is 21.8. The smallest absolute Gasteiger partial charge is 0.409 e. The maximum atomic E-state index is 13.3. The minimum absolute atomic E-state index is 0.256. The molecule has 12 heteroatoms. The van der Waals surface area contributed by atoms with E-state index in [0.29, 0.717) is 62.6 Å². The van der Waals surface area contributed by atoms with Crippen LogP contribution in [0.15, 0.2) is 42.7 Å². The van der Waals surface area contributed by atoms with Crippen LogP contribution in [-0.2, 0) is 19.1 Å². The summed E-state index contributed by atoms with van der Waals surface area (Å²) < 4.78 is 10.4. The summed E-state index contributed by atoms with van der Waals surface area (Å²) in [5.74, 6) is -1.85. The Morgan fingerprint density at radius 1 is 1.15 bits per heavy atom. The molecule has 1 aromatic carbocycles. The van der Waals surface area contributed by atoms with Gasteiger partial charge in [0.15, 0.2) is 0 Å². The number of anilines is 2. The number of pyridine rings is 1. The van der Waals surface area contributed by atoms with Crippen LogP contribution in [0, 0.1) is 0 Å². The van der Waals surface area contributed by atoms with Crippen molar-refractivity contribution in [1.29, 1.82) is 0 Å².